The SMILES string of the molecule is CCC.CCC(=O)NC1=NC=C(Cl)CC1. The first kappa shape index (κ1) is 14.2. The van der Waals surface area contributed by atoms with E-state index in [0.29, 0.717) is 12.3 Å². The van der Waals surface area contributed by atoms with Gasteiger partial charge >= 0.3 is 0 Å². The van der Waals surface area contributed by atoms with Crippen LogP contribution in [0.15, 0.2) is 16.2 Å². The summed E-state index contributed by atoms with van der Waals surface area (Å²) in [6.45, 7) is 6.06. The average Bonchev–Trinajstić information content (AvgIpc) is 2.22. The van der Waals surface area contributed by atoms with E-state index in [0.717, 1.165) is 17.9 Å². The van der Waals surface area contributed by atoms with Gasteiger partial charge in [0.05, 0.1) is 0 Å². The van der Waals surface area contributed by atoms with Crippen LogP contribution in [0.4, 0.5) is 0 Å². The summed E-state index contributed by atoms with van der Waals surface area (Å²) >= 11 is 5.69. The topological polar surface area (TPSA) is 41.5 Å². The summed E-state index contributed by atoms with van der Waals surface area (Å²) < 4.78 is 0. The highest BCUT2D eigenvalue weighted by atomic mass is 35.5. The Kier molecular flexibility index (Phi) is 8.01. The third kappa shape index (κ3) is 7.14. The van der Waals surface area contributed by atoms with Crippen molar-refractivity contribution in [3.63, 3.8) is 0 Å². The van der Waals surface area contributed by atoms with Crippen LogP contribution >= 0.6 is 11.6 Å². The average molecular weight is 231 g/mol. The zero-order valence-corrected chi connectivity index (χ0v) is 10.4. The van der Waals surface area contributed by atoms with Crippen LogP contribution in [-0.2, 0) is 4.79 Å². The molecule has 0 aromatic heterocycles. The van der Waals surface area contributed by atoms with Gasteiger partial charge in [0.15, 0.2) is 0 Å². The normalized spacial score (nSPS) is 14.4. The second-order valence-electron chi connectivity index (χ2n) is 3.26. The van der Waals surface area contributed by atoms with E-state index in [2.05, 4.69) is 24.2 Å². The van der Waals surface area contributed by atoms with E-state index in [9.17, 15) is 4.79 Å². The maximum atomic E-state index is 10.9. The number of hydrogen-bond acceptors (Lipinski definition) is 2. The van der Waals surface area contributed by atoms with E-state index in [1.54, 1.807) is 6.20 Å². The Morgan fingerprint density at radius 3 is 2.47 bits per heavy atom. The van der Waals surface area contributed by atoms with Crippen LogP contribution in [0, 0.1) is 0 Å². The molecule has 0 spiro atoms. The number of nitrogens with one attached hydrogen (secondary N) is 1. The number of amides is 1. The third-order valence-electron chi connectivity index (χ3n) is 1.57. The summed E-state index contributed by atoms with van der Waals surface area (Å²) in [4.78, 5) is 14.9. The lowest BCUT2D eigenvalue weighted by molar-refractivity contribution is -0.119. The molecule has 0 atom stereocenters. The minimum absolute atomic E-state index is 0.000160. The van der Waals surface area contributed by atoms with Gasteiger partial charge < -0.3 is 5.32 Å². The minimum atomic E-state index is 0.000160. The van der Waals surface area contributed by atoms with Gasteiger partial charge in [-0.2, -0.15) is 0 Å². The highest BCUT2D eigenvalue weighted by molar-refractivity contribution is 6.30. The first-order valence-electron chi connectivity index (χ1n) is 5.35. The Bertz CT molecular complexity index is 259. The fraction of sp³-hybridized carbons (Fsp3) is 0.636. The molecule has 0 saturated carbocycles. The van der Waals surface area contributed by atoms with Crippen LogP contribution in [0.5, 0.6) is 0 Å². The number of carbonyl (C=O) groups is 1. The fourth-order valence-electron chi connectivity index (χ4n) is 0.859. The van der Waals surface area contributed by atoms with Gasteiger partial charge in [0, 0.05) is 24.1 Å². The predicted molar refractivity (Wildman–Crippen MR) is 65.0 cm³/mol. The monoisotopic (exact) mass is 230 g/mol. The van der Waals surface area contributed by atoms with E-state index < -0.39 is 0 Å². The largest absolute Gasteiger partial charge is 0.314 e. The summed E-state index contributed by atoms with van der Waals surface area (Å²) in [5.74, 6) is 0.714. The Balaban J connectivity index is 0.000000583. The standard InChI is InChI=1S/C8H11ClN2O.C3H8/c1-2-8(12)11-7-4-3-6(9)5-10-7;1-3-2/h5H,2-4H2,1H3,(H,10,11,12);3H2,1-2H3. The number of rotatable bonds is 1. The molecule has 4 heteroatoms. The van der Waals surface area contributed by atoms with Crippen LogP contribution < -0.4 is 5.32 Å². The summed E-state index contributed by atoms with van der Waals surface area (Å²) in [7, 11) is 0. The number of allylic oxidation sites excluding steroid dienone is 1. The molecule has 1 aliphatic rings. The summed E-state index contributed by atoms with van der Waals surface area (Å²) in [5.41, 5.74) is 0. The van der Waals surface area contributed by atoms with Crippen molar-refractivity contribution in [2.24, 2.45) is 4.99 Å². The quantitative estimate of drug-likeness (QED) is 0.739. The first-order chi connectivity index (χ1) is 7.13. The molecule has 0 aromatic carbocycles. The third-order valence-corrected chi connectivity index (χ3v) is 1.85. The lowest BCUT2D eigenvalue weighted by atomic mass is 10.2. The summed E-state index contributed by atoms with van der Waals surface area (Å²) in [5, 5.41) is 3.44. The highest BCUT2D eigenvalue weighted by Crippen LogP contribution is 2.14. The van der Waals surface area contributed by atoms with Crippen molar-refractivity contribution >= 4 is 23.3 Å². The molecule has 0 aromatic rings. The van der Waals surface area contributed by atoms with Crippen LogP contribution in [0.2, 0.25) is 0 Å². The van der Waals surface area contributed by atoms with E-state index in [1.807, 2.05) is 6.92 Å². The predicted octanol–water partition coefficient (Wildman–Crippen LogP) is 3.20. The number of carbonyl (C=O) groups excluding carboxylic acids is 1. The van der Waals surface area contributed by atoms with Gasteiger partial charge in [-0.05, 0) is 6.42 Å². The van der Waals surface area contributed by atoms with Crippen LogP contribution in [0.25, 0.3) is 0 Å². The van der Waals surface area contributed by atoms with Gasteiger partial charge in [0.1, 0.15) is 5.84 Å². The van der Waals surface area contributed by atoms with Crippen LogP contribution in [0.1, 0.15) is 46.5 Å². The number of amidine groups is 1. The minimum Gasteiger partial charge on any atom is -0.314 e. The maximum Gasteiger partial charge on any atom is 0.224 e. The maximum absolute atomic E-state index is 10.9. The molecule has 1 aliphatic heterocycles. The molecule has 1 heterocycles. The van der Waals surface area contributed by atoms with Crippen molar-refractivity contribution in [3.05, 3.63) is 11.2 Å². The van der Waals surface area contributed by atoms with E-state index in [1.165, 1.54) is 6.42 Å². The van der Waals surface area contributed by atoms with Gasteiger partial charge in [0.25, 0.3) is 0 Å². The number of halogens is 1. The van der Waals surface area contributed by atoms with E-state index in [-0.39, 0.29) is 5.91 Å². The van der Waals surface area contributed by atoms with Gasteiger partial charge in [-0.15, -0.1) is 0 Å². The Hall–Kier alpha value is -0.830. The molecule has 1 N–H and O–H groups in total. The molecule has 15 heavy (non-hydrogen) atoms. The van der Waals surface area contributed by atoms with Crippen molar-refractivity contribution in [3.8, 4) is 0 Å². The van der Waals surface area contributed by atoms with Crippen molar-refractivity contribution in [2.45, 2.75) is 46.5 Å². The zero-order valence-electron chi connectivity index (χ0n) is 9.64. The Morgan fingerprint density at radius 1 is 1.47 bits per heavy atom. The van der Waals surface area contributed by atoms with E-state index in [4.69, 9.17) is 11.6 Å². The molecule has 1 amide bonds. The molecule has 1 rings (SSSR count). The van der Waals surface area contributed by atoms with Crippen molar-refractivity contribution in [1.29, 1.82) is 0 Å². The highest BCUT2D eigenvalue weighted by Gasteiger charge is 2.07. The number of hydrogen-bond donors (Lipinski definition) is 1. The van der Waals surface area contributed by atoms with Gasteiger partial charge in [-0.1, -0.05) is 38.8 Å². The van der Waals surface area contributed by atoms with Gasteiger partial charge in [-0.25, -0.2) is 4.99 Å². The second kappa shape index (κ2) is 8.48. The molecule has 0 radical (unpaired) electrons. The number of aliphatic imine (C=N–C) groups is 1. The zero-order chi connectivity index (χ0) is 11.7. The second-order valence-corrected chi connectivity index (χ2v) is 3.75. The van der Waals surface area contributed by atoms with Crippen molar-refractivity contribution in [2.75, 3.05) is 0 Å². The van der Waals surface area contributed by atoms with Crippen molar-refractivity contribution < 1.29 is 4.79 Å². The number of nitrogens with zero attached hydrogens (tertiary/aromatic N) is 1. The summed E-state index contributed by atoms with van der Waals surface area (Å²) in [6, 6.07) is 0. The smallest absolute Gasteiger partial charge is 0.224 e. The van der Waals surface area contributed by atoms with E-state index >= 15 is 0 Å². The first-order valence-corrected chi connectivity index (χ1v) is 5.72. The molecule has 0 saturated heterocycles. The fourth-order valence-corrected chi connectivity index (χ4v) is 1.00. The molecule has 86 valence electrons. The molecule has 0 unspecified atom stereocenters. The van der Waals surface area contributed by atoms with Gasteiger partial charge in [0.2, 0.25) is 5.91 Å². The Labute approximate surface area is 96.6 Å². The van der Waals surface area contributed by atoms with Crippen LogP contribution in [0.3, 0.4) is 0 Å². The summed E-state index contributed by atoms with van der Waals surface area (Å²) in [6.07, 6.45) is 4.80. The molecular formula is C11H19ClN2O. The molecular weight excluding hydrogens is 212 g/mol. The molecule has 0 aliphatic carbocycles. The molecule has 0 fully saturated rings. The van der Waals surface area contributed by atoms with Gasteiger partial charge in [-0.3, -0.25) is 4.79 Å². The van der Waals surface area contributed by atoms with Crippen molar-refractivity contribution in [1.82, 2.24) is 5.32 Å². The molecule has 3 nitrogen and oxygen atoms in total. The Morgan fingerprint density at radius 2 is 2.07 bits per heavy atom. The lowest BCUT2D eigenvalue weighted by Gasteiger charge is -2.09. The molecule has 0 bridgehead atoms. The lowest BCUT2D eigenvalue weighted by Crippen LogP contribution is -2.30. The van der Waals surface area contributed by atoms with Crippen LogP contribution in [-0.4, -0.2) is 11.7 Å².